The van der Waals surface area contributed by atoms with Gasteiger partial charge in [-0.15, -0.1) is 0 Å². The zero-order valence-electron chi connectivity index (χ0n) is 3.00. The fourth-order valence-electron chi connectivity index (χ4n) is 0.0592. The van der Waals surface area contributed by atoms with Gasteiger partial charge in [0.1, 0.15) is 0 Å². The summed E-state index contributed by atoms with van der Waals surface area (Å²) < 4.78 is 0. The molecule has 6 heavy (non-hydrogen) atoms. The summed E-state index contributed by atoms with van der Waals surface area (Å²) in [6.07, 6.45) is 0.722. The Morgan fingerprint density at radius 2 is 2.50 bits per heavy atom. The van der Waals surface area contributed by atoms with Crippen molar-refractivity contribution in [3.8, 4) is 0 Å². The van der Waals surface area contributed by atoms with Crippen LogP contribution in [0.15, 0.2) is 12.1 Å². The van der Waals surface area contributed by atoms with Gasteiger partial charge in [0.05, 0.1) is 0 Å². The minimum Gasteiger partial charge on any atom is -0.490 e. The standard InChI is InChI=1S/C2H3N3O/c3-2(6)1-5-4/h1H,3H2/p+1/b2-1-. The second-order valence-corrected chi connectivity index (χ2v) is 0.669. The molecule has 0 fully saturated rings. The number of nitrogens with zero attached hydrogens (tertiary/aromatic N) is 2. The lowest BCUT2D eigenvalue weighted by atomic mass is 10.9. The van der Waals surface area contributed by atoms with E-state index >= 15 is 0 Å². The van der Waals surface area contributed by atoms with Crippen LogP contribution in [-0.4, -0.2) is 5.11 Å². The monoisotopic (exact) mass is 86.0 g/mol. The summed E-state index contributed by atoms with van der Waals surface area (Å²) in [5.41, 5.74) is 4.57. The van der Waals surface area contributed by atoms with Gasteiger partial charge in [-0.25, -0.2) is 0 Å². The van der Waals surface area contributed by atoms with Crippen molar-refractivity contribution in [2.45, 2.75) is 0 Å². The molecule has 0 heterocycles. The second kappa shape index (κ2) is 2.03. The van der Waals surface area contributed by atoms with Crippen LogP contribution in [0.4, 0.5) is 0 Å². The molecule has 0 amide bonds. The van der Waals surface area contributed by atoms with Crippen molar-refractivity contribution in [3.63, 3.8) is 0 Å². The molecule has 4 nitrogen and oxygen atoms in total. The minimum absolute atomic E-state index is 0.502. The number of aliphatic hydroxyl groups excluding tert-OH is 1. The van der Waals surface area contributed by atoms with Crippen molar-refractivity contribution >= 4 is 0 Å². The van der Waals surface area contributed by atoms with Gasteiger partial charge in [0.25, 0.3) is 5.88 Å². The highest BCUT2D eigenvalue weighted by Gasteiger charge is 1.84. The zero-order chi connectivity index (χ0) is 4.99. The molecule has 0 aliphatic rings. The van der Waals surface area contributed by atoms with Crippen LogP contribution < -0.4 is 5.73 Å². The average molecular weight is 86.1 g/mol. The van der Waals surface area contributed by atoms with Gasteiger partial charge in [0, 0.05) is 0 Å². The summed E-state index contributed by atoms with van der Waals surface area (Å²) in [7, 11) is 0. The molecule has 3 N–H and O–H groups in total. The Bertz CT molecular complexity index is 95.9. The van der Waals surface area contributed by atoms with E-state index in [9.17, 15) is 0 Å². The molecular weight excluding hydrogens is 82.0 g/mol. The van der Waals surface area contributed by atoms with E-state index < -0.39 is 5.88 Å². The van der Waals surface area contributed by atoms with Crippen LogP contribution >= 0.6 is 0 Å². The van der Waals surface area contributed by atoms with Crippen LogP contribution in [0.25, 0.3) is 4.98 Å². The first kappa shape index (κ1) is 4.76. The molecule has 0 radical (unpaired) electrons. The first-order valence-electron chi connectivity index (χ1n) is 1.26. The highest BCUT2D eigenvalue weighted by Crippen LogP contribution is 1.71. The molecule has 0 aromatic heterocycles. The molecule has 0 unspecified atom stereocenters. The third kappa shape index (κ3) is 2.76. The smallest absolute Gasteiger partial charge is 0.408 e. The molecule has 32 valence electrons. The van der Waals surface area contributed by atoms with Crippen LogP contribution in [0.1, 0.15) is 0 Å². The van der Waals surface area contributed by atoms with Crippen molar-refractivity contribution < 1.29 is 5.11 Å². The van der Waals surface area contributed by atoms with Crippen molar-refractivity contribution in [3.05, 3.63) is 17.1 Å². The van der Waals surface area contributed by atoms with Gasteiger partial charge in [0.2, 0.25) is 5.39 Å². The lowest BCUT2D eigenvalue weighted by Crippen LogP contribution is -1.91. The number of hydrogen-bond donors (Lipinski definition) is 2. The van der Waals surface area contributed by atoms with E-state index in [1.807, 2.05) is 0 Å². The van der Waals surface area contributed by atoms with E-state index in [1.165, 1.54) is 0 Å². The Kier molecular flexibility index (Phi) is 1.61. The highest BCUT2D eigenvalue weighted by molar-refractivity contribution is 4.89. The van der Waals surface area contributed by atoms with Crippen LogP contribution in [0.5, 0.6) is 0 Å². The first-order valence-corrected chi connectivity index (χ1v) is 1.26. The summed E-state index contributed by atoms with van der Waals surface area (Å²) in [5, 5.41) is 15.5. The van der Waals surface area contributed by atoms with Crippen molar-refractivity contribution in [2.24, 2.45) is 5.73 Å². The fourth-order valence-corrected chi connectivity index (χ4v) is 0.0592. The Hall–Kier alpha value is -1.24. The molecule has 0 aliphatic carbocycles. The molecule has 0 spiro atoms. The van der Waals surface area contributed by atoms with Crippen molar-refractivity contribution in [1.29, 1.82) is 5.39 Å². The Morgan fingerprint density at radius 1 is 2.00 bits per heavy atom. The van der Waals surface area contributed by atoms with Gasteiger partial charge < -0.3 is 10.8 Å². The van der Waals surface area contributed by atoms with Crippen molar-refractivity contribution in [1.82, 2.24) is 0 Å². The maximum atomic E-state index is 7.94. The summed E-state index contributed by atoms with van der Waals surface area (Å²) in [5.74, 6) is -0.502. The topological polar surface area (TPSA) is 74.4 Å². The number of rotatable bonds is 0. The third-order valence-corrected chi connectivity index (χ3v) is 0.190. The molecule has 0 saturated carbocycles. The van der Waals surface area contributed by atoms with E-state index in [1.54, 1.807) is 0 Å². The highest BCUT2D eigenvalue weighted by atomic mass is 16.3. The fraction of sp³-hybridized carbons (Fsp3) is 0. The van der Waals surface area contributed by atoms with E-state index in [-0.39, 0.29) is 0 Å². The lowest BCUT2D eigenvalue weighted by Gasteiger charge is -1.67. The summed E-state index contributed by atoms with van der Waals surface area (Å²) in [6.45, 7) is 0. The van der Waals surface area contributed by atoms with Crippen molar-refractivity contribution in [2.75, 3.05) is 0 Å². The quantitative estimate of drug-likeness (QED) is 0.325. The molecule has 0 atom stereocenters. The van der Waals surface area contributed by atoms with Crippen LogP contribution in [0.2, 0.25) is 0 Å². The normalized spacial score (nSPS) is 10.2. The van der Waals surface area contributed by atoms with Gasteiger partial charge in [-0.3, -0.25) is 0 Å². The molecule has 0 aromatic rings. The number of aliphatic hydroxyl groups is 1. The summed E-state index contributed by atoms with van der Waals surface area (Å²) in [4.78, 5) is 2.40. The summed E-state index contributed by atoms with van der Waals surface area (Å²) >= 11 is 0. The Morgan fingerprint density at radius 3 is 2.50 bits per heavy atom. The van der Waals surface area contributed by atoms with Gasteiger partial charge in [-0.2, -0.15) is 0 Å². The van der Waals surface area contributed by atoms with Gasteiger partial charge in [0.15, 0.2) is 4.98 Å². The molecule has 0 bridgehead atoms. The van der Waals surface area contributed by atoms with Crippen LogP contribution in [0.3, 0.4) is 0 Å². The molecule has 0 aromatic carbocycles. The maximum Gasteiger partial charge on any atom is 0.408 e. The Labute approximate surface area is 34.5 Å². The van der Waals surface area contributed by atoms with Gasteiger partial charge >= 0.3 is 6.20 Å². The second-order valence-electron chi connectivity index (χ2n) is 0.669. The first-order chi connectivity index (χ1) is 2.77. The third-order valence-electron chi connectivity index (χ3n) is 0.190. The average Bonchev–Trinajstić information content (AvgIpc) is 1.35. The van der Waals surface area contributed by atoms with E-state index in [0.717, 1.165) is 6.20 Å². The van der Waals surface area contributed by atoms with Gasteiger partial charge in [-0.05, 0) is 0 Å². The van der Waals surface area contributed by atoms with Gasteiger partial charge in [-0.1, -0.05) is 0 Å². The molecule has 0 rings (SSSR count). The van der Waals surface area contributed by atoms with Crippen LogP contribution in [-0.2, 0) is 0 Å². The minimum atomic E-state index is -0.502. The largest absolute Gasteiger partial charge is 0.490 e. The molecule has 0 aliphatic heterocycles. The number of diazo groups is 1. The predicted octanol–water partition coefficient (Wildman–Crippen LogP) is 0.155. The number of nitrogens with two attached hydrogens (primary N) is 1. The Balaban J connectivity index is 3.51. The van der Waals surface area contributed by atoms with E-state index in [4.69, 9.17) is 10.5 Å². The maximum absolute atomic E-state index is 7.94. The predicted molar refractivity (Wildman–Crippen MR) is 20.0 cm³/mol. The molecule has 0 saturated heterocycles. The van der Waals surface area contributed by atoms with E-state index in [0.29, 0.717) is 0 Å². The summed E-state index contributed by atoms with van der Waals surface area (Å²) in [6, 6.07) is 0. The zero-order valence-corrected chi connectivity index (χ0v) is 3.00. The van der Waals surface area contributed by atoms with Crippen LogP contribution in [0, 0.1) is 5.39 Å². The molecule has 4 heteroatoms. The molecular formula is C2H4N3O+. The number of hydrogen-bond acceptors (Lipinski definition) is 3. The lowest BCUT2D eigenvalue weighted by molar-refractivity contribution is 0.405. The van der Waals surface area contributed by atoms with E-state index in [2.05, 4.69) is 10.7 Å². The SMILES string of the molecule is N#[N+]/C=C(/N)O.